The average Bonchev–Trinajstić information content (AvgIpc) is 3.06. The van der Waals surface area contributed by atoms with Gasteiger partial charge in [-0.1, -0.05) is 13.8 Å². The first-order valence-corrected chi connectivity index (χ1v) is 10.3. The third-order valence-corrected chi connectivity index (χ3v) is 5.76. The van der Waals surface area contributed by atoms with Gasteiger partial charge in [-0.2, -0.15) is 0 Å². The van der Waals surface area contributed by atoms with Gasteiger partial charge in [0.05, 0.1) is 36.3 Å². The van der Waals surface area contributed by atoms with E-state index in [2.05, 4.69) is 20.6 Å². The molecule has 1 aromatic carbocycles. The van der Waals surface area contributed by atoms with E-state index in [0.29, 0.717) is 34.9 Å². The molecule has 3 aromatic rings. The second-order valence-electron chi connectivity index (χ2n) is 8.28. The zero-order chi connectivity index (χ0) is 22.3. The van der Waals surface area contributed by atoms with Crippen molar-refractivity contribution in [3.8, 4) is 0 Å². The topological polar surface area (TPSA) is 104 Å². The van der Waals surface area contributed by atoms with Gasteiger partial charge < -0.3 is 25.1 Å². The van der Waals surface area contributed by atoms with E-state index >= 15 is 0 Å². The molecule has 4 rings (SSSR count). The van der Waals surface area contributed by atoms with Crippen LogP contribution in [-0.2, 0) is 0 Å². The minimum Gasteiger partial charge on any atom is -0.459 e. The number of β-amino-alcohol motifs (C(OH)–C–C–N with tert-alkyl or cyclic N) is 1. The lowest BCUT2D eigenvalue weighted by atomic mass is 9.98. The zero-order valence-corrected chi connectivity index (χ0v) is 17.9. The summed E-state index contributed by atoms with van der Waals surface area (Å²) in [6.07, 6.45) is 2.68. The van der Waals surface area contributed by atoms with Gasteiger partial charge in [0.15, 0.2) is 0 Å². The predicted octanol–water partition coefficient (Wildman–Crippen LogP) is 3.76. The Hall–Kier alpha value is -3.20. The zero-order valence-electron chi connectivity index (χ0n) is 17.9. The van der Waals surface area contributed by atoms with Crippen LogP contribution in [0.25, 0.3) is 11.0 Å². The molecule has 2 amide bonds. The number of nitrogens with zero attached hydrogens (tertiary/aromatic N) is 3. The maximum atomic E-state index is 13.6. The number of urea groups is 1. The number of aryl methyl sites for hydroxylation is 1. The van der Waals surface area contributed by atoms with Gasteiger partial charge in [0, 0.05) is 17.5 Å². The molecule has 0 saturated carbocycles. The van der Waals surface area contributed by atoms with E-state index in [4.69, 9.17) is 4.42 Å². The number of aliphatic hydroxyl groups excluding tert-OH is 1. The van der Waals surface area contributed by atoms with E-state index < -0.39 is 12.1 Å². The number of furan rings is 1. The Bertz CT molecular complexity index is 1100. The summed E-state index contributed by atoms with van der Waals surface area (Å²) in [5.41, 5.74) is 1.82. The average molecular weight is 427 g/mol. The molecule has 1 saturated heterocycles. The van der Waals surface area contributed by atoms with Crippen molar-refractivity contribution in [1.82, 2.24) is 15.3 Å². The van der Waals surface area contributed by atoms with Crippen LogP contribution < -0.4 is 15.5 Å². The molecule has 2 aromatic heterocycles. The number of halogens is 1. The van der Waals surface area contributed by atoms with Crippen molar-refractivity contribution in [2.45, 2.75) is 45.9 Å². The quantitative estimate of drug-likeness (QED) is 0.573. The Morgan fingerprint density at radius 1 is 1.32 bits per heavy atom. The number of amides is 2. The summed E-state index contributed by atoms with van der Waals surface area (Å²) in [6, 6.07) is 3.52. The van der Waals surface area contributed by atoms with Gasteiger partial charge >= 0.3 is 6.03 Å². The number of aliphatic hydroxyl groups is 1. The van der Waals surface area contributed by atoms with E-state index in [1.54, 1.807) is 6.07 Å². The Balaban J connectivity index is 1.47. The molecule has 1 aliphatic heterocycles. The Kier molecular flexibility index (Phi) is 5.53. The van der Waals surface area contributed by atoms with Crippen LogP contribution >= 0.6 is 0 Å². The smallest absolute Gasteiger partial charge is 0.319 e. The van der Waals surface area contributed by atoms with E-state index in [1.165, 1.54) is 24.5 Å². The van der Waals surface area contributed by atoms with Crippen LogP contribution in [0.15, 0.2) is 35.0 Å². The molecule has 8 nitrogen and oxygen atoms in total. The highest BCUT2D eigenvalue weighted by atomic mass is 19.1. The molecule has 0 aliphatic carbocycles. The van der Waals surface area contributed by atoms with Crippen molar-refractivity contribution < 1.29 is 18.7 Å². The molecule has 3 atom stereocenters. The maximum absolute atomic E-state index is 13.6. The lowest BCUT2D eigenvalue weighted by Gasteiger charge is -2.43. The maximum Gasteiger partial charge on any atom is 0.319 e. The molecular formula is C22H26FN5O3. The molecule has 1 fully saturated rings. The summed E-state index contributed by atoms with van der Waals surface area (Å²) in [7, 11) is 0. The number of rotatable bonds is 5. The number of fused-ring (bicyclic) bond motifs is 1. The fourth-order valence-electron chi connectivity index (χ4n) is 3.74. The van der Waals surface area contributed by atoms with Crippen molar-refractivity contribution in [3.63, 3.8) is 0 Å². The molecule has 3 N–H and O–H groups in total. The van der Waals surface area contributed by atoms with E-state index in [1.807, 2.05) is 32.6 Å². The molecule has 0 unspecified atom stereocenters. The highest BCUT2D eigenvalue weighted by Gasteiger charge is 2.35. The Morgan fingerprint density at radius 2 is 2.03 bits per heavy atom. The number of nitrogens with one attached hydrogen (secondary N) is 2. The first kappa shape index (κ1) is 21.0. The van der Waals surface area contributed by atoms with Crippen LogP contribution in [0.3, 0.4) is 0 Å². The van der Waals surface area contributed by atoms with Gasteiger partial charge in [-0.05, 0) is 38.0 Å². The van der Waals surface area contributed by atoms with E-state index in [-0.39, 0.29) is 23.9 Å². The molecule has 1 aliphatic rings. The van der Waals surface area contributed by atoms with Gasteiger partial charge in [-0.15, -0.1) is 0 Å². The number of benzene rings is 1. The molecule has 31 heavy (non-hydrogen) atoms. The van der Waals surface area contributed by atoms with Crippen LogP contribution in [0.1, 0.15) is 38.1 Å². The summed E-state index contributed by atoms with van der Waals surface area (Å²) >= 11 is 0. The highest BCUT2D eigenvalue weighted by molar-refractivity contribution is 5.89. The number of anilines is 2. The summed E-state index contributed by atoms with van der Waals surface area (Å²) in [6.45, 7) is 8.19. The lowest BCUT2D eigenvalue weighted by molar-refractivity contribution is 0.0979. The Labute approximate surface area is 179 Å². The summed E-state index contributed by atoms with van der Waals surface area (Å²) in [5, 5.41) is 16.0. The molecule has 0 bridgehead atoms. The third-order valence-electron chi connectivity index (χ3n) is 5.76. The highest BCUT2D eigenvalue weighted by Crippen LogP contribution is 2.33. The van der Waals surface area contributed by atoms with Crippen LogP contribution in [0, 0.1) is 18.7 Å². The van der Waals surface area contributed by atoms with Crippen LogP contribution in [0.2, 0.25) is 0 Å². The fourth-order valence-corrected chi connectivity index (χ4v) is 3.74. The first-order valence-electron chi connectivity index (χ1n) is 10.3. The van der Waals surface area contributed by atoms with Gasteiger partial charge in [-0.3, -0.25) is 0 Å². The standard InChI is InChI=1S/C22H26FN5O3/c1-11(2)19(20-12(3)16-7-14(23)5-6-18(16)31-20)27-22(30)26-15-8-24-21(25-9-15)28-10-17(29)13(28)4/h5-9,11,13,17,19,29H,10H2,1-4H3,(H2,26,27,30)/t13-,17+,19-/m1/s1. The molecule has 9 heteroatoms. The SMILES string of the molecule is Cc1c([C@H](NC(=O)Nc2cnc(N3C[C@H](O)[C@H]3C)nc2)C(C)C)oc2ccc(F)cc12. The molecular weight excluding hydrogens is 401 g/mol. The number of carbonyl (C=O) groups excluding carboxylic acids is 1. The molecule has 164 valence electrons. The number of aromatic nitrogens is 2. The fraction of sp³-hybridized carbons (Fsp3) is 0.409. The second kappa shape index (κ2) is 8.14. The molecule has 3 heterocycles. The lowest BCUT2D eigenvalue weighted by Crippen LogP contribution is -2.59. The van der Waals surface area contributed by atoms with Gasteiger partial charge in [0.25, 0.3) is 0 Å². The number of hydrogen-bond acceptors (Lipinski definition) is 6. The minimum absolute atomic E-state index is 0.0329. The minimum atomic E-state index is -0.422. The first-order chi connectivity index (χ1) is 14.7. The van der Waals surface area contributed by atoms with E-state index in [9.17, 15) is 14.3 Å². The predicted molar refractivity (Wildman–Crippen MR) is 115 cm³/mol. The molecule has 0 radical (unpaired) electrons. The monoisotopic (exact) mass is 427 g/mol. The normalized spacial score (nSPS) is 19.4. The van der Waals surface area contributed by atoms with Crippen LogP contribution in [-0.4, -0.2) is 39.8 Å². The summed E-state index contributed by atoms with van der Waals surface area (Å²) in [5.74, 6) is 0.810. The second-order valence-corrected chi connectivity index (χ2v) is 8.28. The van der Waals surface area contributed by atoms with Crippen molar-refractivity contribution >= 4 is 28.6 Å². The largest absolute Gasteiger partial charge is 0.459 e. The Morgan fingerprint density at radius 3 is 2.65 bits per heavy atom. The third kappa shape index (κ3) is 4.05. The number of carbonyl (C=O) groups is 1. The van der Waals surface area contributed by atoms with Crippen molar-refractivity contribution in [2.24, 2.45) is 5.92 Å². The van der Waals surface area contributed by atoms with Crippen LogP contribution in [0.5, 0.6) is 0 Å². The summed E-state index contributed by atoms with van der Waals surface area (Å²) < 4.78 is 19.6. The number of hydrogen-bond donors (Lipinski definition) is 3. The van der Waals surface area contributed by atoms with Crippen molar-refractivity contribution in [2.75, 3.05) is 16.8 Å². The van der Waals surface area contributed by atoms with Gasteiger partial charge in [0.1, 0.15) is 17.2 Å². The van der Waals surface area contributed by atoms with Gasteiger partial charge in [0.2, 0.25) is 5.95 Å². The van der Waals surface area contributed by atoms with E-state index in [0.717, 1.165) is 5.56 Å². The van der Waals surface area contributed by atoms with Gasteiger partial charge in [-0.25, -0.2) is 19.2 Å². The van der Waals surface area contributed by atoms with Crippen molar-refractivity contribution in [1.29, 1.82) is 0 Å². The van der Waals surface area contributed by atoms with Crippen molar-refractivity contribution in [3.05, 3.63) is 47.7 Å². The molecule has 0 spiro atoms. The van der Waals surface area contributed by atoms with Crippen LogP contribution in [0.4, 0.5) is 20.8 Å². The summed E-state index contributed by atoms with van der Waals surface area (Å²) in [4.78, 5) is 23.1.